The van der Waals surface area contributed by atoms with Crippen molar-refractivity contribution in [3.8, 4) is 0 Å². The molecular formula is C11H17N3O4S. The lowest BCUT2D eigenvalue weighted by Crippen LogP contribution is -2.48. The number of rotatable bonds is 3. The Hall–Kier alpha value is -1.41. The number of aryl methyl sites for hydroxylation is 1. The smallest absolute Gasteiger partial charge is 0.310 e. The molecule has 19 heavy (non-hydrogen) atoms. The number of hydrogen-bond donors (Lipinski definition) is 2. The Labute approximate surface area is 111 Å². The van der Waals surface area contributed by atoms with Gasteiger partial charge in [-0.1, -0.05) is 0 Å². The van der Waals surface area contributed by atoms with Crippen LogP contribution in [0.1, 0.15) is 25.6 Å². The number of aliphatic carboxylic acids is 1. The Kier molecular flexibility index (Phi) is 3.40. The minimum Gasteiger partial charge on any atom is -0.481 e. The third kappa shape index (κ3) is 2.50. The number of carboxylic acids is 1. The minimum absolute atomic E-state index is 0.0112. The summed E-state index contributed by atoms with van der Waals surface area (Å²) in [7, 11) is -3.69. The third-order valence-electron chi connectivity index (χ3n) is 3.48. The zero-order chi connectivity index (χ0) is 14.3. The normalized spacial score (nSPS) is 25.4. The fourth-order valence-corrected chi connectivity index (χ4v) is 3.81. The fourth-order valence-electron chi connectivity index (χ4n) is 2.24. The zero-order valence-electron chi connectivity index (χ0n) is 10.9. The van der Waals surface area contributed by atoms with Crippen LogP contribution in [0.5, 0.6) is 0 Å². The molecule has 1 aliphatic rings. The maximum Gasteiger partial charge on any atom is 0.310 e. The van der Waals surface area contributed by atoms with Gasteiger partial charge < -0.3 is 10.1 Å². The molecule has 0 aliphatic carbocycles. The number of nitrogens with one attached hydrogen (secondary N) is 1. The van der Waals surface area contributed by atoms with Crippen LogP contribution < -0.4 is 0 Å². The van der Waals surface area contributed by atoms with Crippen LogP contribution in [-0.4, -0.2) is 46.9 Å². The van der Waals surface area contributed by atoms with Gasteiger partial charge in [-0.05, 0) is 26.7 Å². The number of aromatic amines is 1. The molecule has 0 saturated carbocycles. The Morgan fingerprint density at radius 3 is 2.79 bits per heavy atom. The number of carboxylic acid groups (broad SMARTS) is 1. The van der Waals surface area contributed by atoms with E-state index in [0.717, 1.165) is 0 Å². The van der Waals surface area contributed by atoms with Crippen LogP contribution in [0.25, 0.3) is 0 Å². The molecule has 0 aromatic carbocycles. The molecule has 2 heterocycles. The molecule has 1 saturated heterocycles. The van der Waals surface area contributed by atoms with Gasteiger partial charge in [-0.2, -0.15) is 4.31 Å². The lowest BCUT2D eigenvalue weighted by Gasteiger charge is -2.36. The molecule has 1 aromatic rings. The molecule has 1 atom stereocenters. The number of H-pyrrole nitrogens is 1. The van der Waals surface area contributed by atoms with E-state index in [1.165, 1.54) is 10.5 Å². The maximum absolute atomic E-state index is 12.4. The Bertz CT molecular complexity index is 595. The summed E-state index contributed by atoms with van der Waals surface area (Å²) in [6.07, 6.45) is 2.28. The quantitative estimate of drug-likeness (QED) is 0.847. The van der Waals surface area contributed by atoms with Crippen molar-refractivity contribution in [2.45, 2.75) is 31.7 Å². The topological polar surface area (TPSA) is 103 Å². The second-order valence-corrected chi connectivity index (χ2v) is 7.05. The summed E-state index contributed by atoms with van der Waals surface area (Å²) in [6.45, 7) is 3.57. The summed E-state index contributed by atoms with van der Waals surface area (Å²) in [6, 6.07) is 0. The van der Waals surface area contributed by atoms with Crippen molar-refractivity contribution in [2.75, 3.05) is 13.1 Å². The van der Waals surface area contributed by atoms with E-state index in [9.17, 15) is 18.3 Å². The van der Waals surface area contributed by atoms with Crippen LogP contribution in [0, 0.1) is 12.3 Å². The molecule has 1 unspecified atom stereocenters. The van der Waals surface area contributed by atoms with E-state index in [2.05, 4.69) is 9.97 Å². The van der Waals surface area contributed by atoms with Gasteiger partial charge >= 0.3 is 5.97 Å². The van der Waals surface area contributed by atoms with E-state index in [1.807, 2.05) is 0 Å². The van der Waals surface area contributed by atoms with Gasteiger partial charge in [0.2, 0.25) is 0 Å². The van der Waals surface area contributed by atoms with Crippen molar-refractivity contribution in [3.05, 3.63) is 12.0 Å². The third-order valence-corrected chi connectivity index (χ3v) is 5.23. The van der Waals surface area contributed by atoms with E-state index >= 15 is 0 Å². The molecule has 0 radical (unpaired) electrons. The summed E-state index contributed by atoms with van der Waals surface area (Å²) in [5.74, 6) is -0.454. The number of hydrogen-bond acceptors (Lipinski definition) is 4. The molecule has 0 amide bonds. The highest BCUT2D eigenvalue weighted by atomic mass is 32.2. The SMILES string of the molecule is Cc1ncc(S(=O)(=O)N2CCCC(C)(C(=O)O)C2)[nH]1. The van der Waals surface area contributed by atoms with E-state index in [4.69, 9.17) is 0 Å². The summed E-state index contributed by atoms with van der Waals surface area (Å²) in [5.41, 5.74) is -1.03. The van der Waals surface area contributed by atoms with Gasteiger partial charge in [0.1, 0.15) is 5.82 Å². The second-order valence-electron chi connectivity index (χ2n) is 5.14. The molecule has 2 rings (SSSR count). The first-order chi connectivity index (χ1) is 8.75. The van der Waals surface area contributed by atoms with Gasteiger partial charge in [-0.25, -0.2) is 13.4 Å². The summed E-state index contributed by atoms with van der Waals surface area (Å²) in [5, 5.41) is 9.23. The molecule has 8 heteroatoms. The number of imidazole rings is 1. The second kappa shape index (κ2) is 4.61. The van der Waals surface area contributed by atoms with Crippen molar-refractivity contribution < 1.29 is 18.3 Å². The average Bonchev–Trinajstić information content (AvgIpc) is 2.76. The van der Waals surface area contributed by atoms with E-state index in [0.29, 0.717) is 25.2 Å². The molecule has 0 bridgehead atoms. The van der Waals surface area contributed by atoms with Crippen molar-refractivity contribution in [2.24, 2.45) is 5.41 Å². The summed E-state index contributed by atoms with van der Waals surface area (Å²) >= 11 is 0. The van der Waals surface area contributed by atoms with Crippen molar-refractivity contribution in [3.63, 3.8) is 0 Å². The minimum atomic E-state index is -3.69. The molecular weight excluding hydrogens is 270 g/mol. The molecule has 1 fully saturated rings. The van der Waals surface area contributed by atoms with Gasteiger partial charge in [0.15, 0.2) is 5.03 Å². The molecule has 106 valence electrons. The standard InChI is InChI=1S/C11H17N3O4S/c1-8-12-6-9(13-8)19(17,18)14-5-3-4-11(2,7-14)10(15)16/h6H,3-5,7H2,1-2H3,(H,12,13)(H,15,16). The summed E-state index contributed by atoms with van der Waals surface area (Å²) < 4.78 is 26.0. The van der Waals surface area contributed by atoms with Crippen molar-refractivity contribution >= 4 is 16.0 Å². The fraction of sp³-hybridized carbons (Fsp3) is 0.636. The first-order valence-corrected chi connectivity index (χ1v) is 7.45. The highest BCUT2D eigenvalue weighted by Gasteiger charge is 2.42. The highest BCUT2D eigenvalue weighted by molar-refractivity contribution is 7.89. The number of sulfonamides is 1. The first kappa shape index (κ1) is 14.0. The monoisotopic (exact) mass is 287 g/mol. The lowest BCUT2D eigenvalue weighted by atomic mass is 9.83. The van der Waals surface area contributed by atoms with Crippen LogP contribution in [0.15, 0.2) is 11.2 Å². The molecule has 2 N–H and O–H groups in total. The summed E-state index contributed by atoms with van der Waals surface area (Å²) in [4.78, 5) is 17.8. The van der Waals surface area contributed by atoms with Crippen LogP contribution in [0.4, 0.5) is 0 Å². The predicted molar refractivity (Wildman–Crippen MR) is 67.1 cm³/mol. The van der Waals surface area contributed by atoms with Crippen LogP contribution in [-0.2, 0) is 14.8 Å². The largest absolute Gasteiger partial charge is 0.481 e. The van der Waals surface area contributed by atoms with Crippen molar-refractivity contribution in [1.82, 2.24) is 14.3 Å². The molecule has 0 spiro atoms. The Morgan fingerprint density at radius 2 is 2.26 bits per heavy atom. The van der Waals surface area contributed by atoms with Gasteiger partial charge in [-0.3, -0.25) is 4.79 Å². The molecule has 7 nitrogen and oxygen atoms in total. The van der Waals surface area contributed by atoms with E-state index < -0.39 is 21.4 Å². The predicted octanol–water partition coefficient (Wildman–Crippen LogP) is 0.594. The average molecular weight is 287 g/mol. The Balaban J connectivity index is 2.29. The van der Waals surface area contributed by atoms with Gasteiger partial charge in [0.25, 0.3) is 10.0 Å². The number of carbonyl (C=O) groups is 1. The lowest BCUT2D eigenvalue weighted by molar-refractivity contribution is -0.150. The maximum atomic E-state index is 12.4. The molecule has 1 aliphatic heterocycles. The van der Waals surface area contributed by atoms with Crippen molar-refractivity contribution in [1.29, 1.82) is 0 Å². The van der Waals surface area contributed by atoms with Gasteiger partial charge in [0, 0.05) is 13.1 Å². The van der Waals surface area contributed by atoms with Gasteiger partial charge in [0.05, 0.1) is 11.6 Å². The van der Waals surface area contributed by atoms with Gasteiger partial charge in [-0.15, -0.1) is 0 Å². The number of piperidine rings is 1. The Morgan fingerprint density at radius 1 is 1.58 bits per heavy atom. The number of nitrogens with zero attached hydrogens (tertiary/aromatic N) is 2. The van der Waals surface area contributed by atoms with Crippen LogP contribution in [0.2, 0.25) is 0 Å². The zero-order valence-corrected chi connectivity index (χ0v) is 11.7. The molecule has 1 aromatic heterocycles. The number of aromatic nitrogens is 2. The highest BCUT2D eigenvalue weighted by Crippen LogP contribution is 2.32. The van der Waals surface area contributed by atoms with Crippen LogP contribution >= 0.6 is 0 Å². The van der Waals surface area contributed by atoms with E-state index in [1.54, 1.807) is 13.8 Å². The van der Waals surface area contributed by atoms with Crippen LogP contribution in [0.3, 0.4) is 0 Å². The van der Waals surface area contributed by atoms with E-state index in [-0.39, 0.29) is 11.6 Å². The first-order valence-electron chi connectivity index (χ1n) is 6.01.